The van der Waals surface area contributed by atoms with Gasteiger partial charge in [-0.2, -0.15) is 4.99 Å². The molecule has 0 aliphatic heterocycles. The minimum atomic E-state index is -0.216. The van der Waals surface area contributed by atoms with E-state index >= 15 is 0 Å². The molecule has 18 heavy (non-hydrogen) atoms. The number of rotatable bonds is 3. The number of carbonyl (C=O) groups excluding carboxylic acids is 1. The summed E-state index contributed by atoms with van der Waals surface area (Å²) in [6.45, 7) is 0. The van der Waals surface area contributed by atoms with Crippen LogP contribution in [0.15, 0.2) is 29.3 Å². The van der Waals surface area contributed by atoms with Gasteiger partial charge in [0.25, 0.3) is 0 Å². The smallest absolute Gasteiger partial charge is 0.211 e. The zero-order valence-electron chi connectivity index (χ0n) is 10.7. The highest BCUT2D eigenvalue weighted by Gasteiger charge is 2.44. The van der Waals surface area contributed by atoms with Gasteiger partial charge in [-0.25, -0.2) is 4.79 Å². The molecule has 1 aromatic carbocycles. The molecule has 0 saturated heterocycles. The van der Waals surface area contributed by atoms with E-state index in [4.69, 9.17) is 0 Å². The predicted molar refractivity (Wildman–Crippen MR) is 71.3 cm³/mol. The van der Waals surface area contributed by atoms with Crippen molar-refractivity contribution in [3.63, 3.8) is 0 Å². The minimum Gasteiger partial charge on any atom is -0.211 e. The van der Waals surface area contributed by atoms with E-state index in [0.717, 1.165) is 18.8 Å². The fourth-order valence-electron chi connectivity index (χ4n) is 3.19. The van der Waals surface area contributed by atoms with Crippen LogP contribution in [0.25, 0.3) is 0 Å². The molecule has 0 N–H and O–H groups in total. The third-order valence-electron chi connectivity index (χ3n) is 4.48. The Morgan fingerprint density at radius 2 is 1.94 bits per heavy atom. The lowest BCUT2D eigenvalue weighted by atomic mass is 9.83. The molecule has 0 aromatic heterocycles. The van der Waals surface area contributed by atoms with Crippen LogP contribution in [0, 0.1) is 0 Å². The molecule has 0 bridgehead atoms. The van der Waals surface area contributed by atoms with Crippen molar-refractivity contribution in [2.45, 2.75) is 56.4 Å². The average Bonchev–Trinajstić information content (AvgIpc) is 3.21. The number of benzene rings is 1. The van der Waals surface area contributed by atoms with Gasteiger partial charge in [0.15, 0.2) is 0 Å². The summed E-state index contributed by atoms with van der Waals surface area (Å²) in [6.07, 6.45) is 10.5. The molecule has 0 unspecified atom stereocenters. The number of aliphatic imine (C=N–C) groups is 1. The van der Waals surface area contributed by atoms with Crippen molar-refractivity contribution in [2.24, 2.45) is 4.99 Å². The molecule has 0 heterocycles. The first-order chi connectivity index (χ1) is 8.84. The summed E-state index contributed by atoms with van der Waals surface area (Å²) in [5, 5.41) is 0. The Morgan fingerprint density at radius 3 is 2.61 bits per heavy atom. The molecule has 2 aliphatic carbocycles. The second-order valence-corrected chi connectivity index (χ2v) is 5.70. The summed E-state index contributed by atoms with van der Waals surface area (Å²) in [4.78, 5) is 14.5. The Morgan fingerprint density at radius 1 is 1.17 bits per heavy atom. The molecule has 94 valence electrons. The summed E-state index contributed by atoms with van der Waals surface area (Å²) in [7, 11) is 0. The molecular weight excluding hydrogens is 222 g/mol. The first-order valence-corrected chi connectivity index (χ1v) is 7.03. The van der Waals surface area contributed by atoms with Gasteiger partial charge in [-0.3, -0.25) is 0 Å². The Bertz CT molecular complexity index is 478. The van der Waals surface area contributed by atoms with E-state index in [1.165, 1.54) is 43.2 Å². The van der Waals surface area contributed by atoms with Gasteiger partial charge >= 0.3 is 0 Å². The first-order valence-electron chi connectivity index (χ1n) is 7.03. The van der Waals surface area contributed by atoms with Crippen molar-refractivity contribution >= 4 is 6.08 Å². The van der Waals surface area contributed by atoms with E-state index < -0.39 is 0 Å². The maximum absolute atomic E-state index is 10.5. The summed E-state index contributed by atoms with van der Waals surface area (Å²) in [6, 6.07) is 8.75. The maximum Gasteiger partial charge on any atom is 0.235 e. The normalized spacial score (nSPS) is 22.2. The van der Waals surface area contributed by atoms with Crippen molar-refractivity contribution in [1.29, 1.82) is 0 Å². The molecule has 2 fully saturated rings. The lowest BCUT2D eigenvalue weighted by Gasteiger charge is -2.23. The monoisotopic (exact) mass is 241 g/mol. The molecule has 2 aliphatic rings. The van der Waals surface area contributed by atoms with E-state index in [9.17, 15) is 4.79 Å². The zero-order chi connectivity index (χ0) is 12.4. The molecule has 2 saturated carbocycles. The largest absolute Gasteiger partial charge is 0.235 e. The number of hydrogen-bond acceptors (Lipinski definition) is 2. The van der Waals surface area contributed by atoms with Gasteiger partial charge < -0.3 is 0 Å². The second-order valence-electron chi connectivity index (χ2n) is 5.70. The Labute approximate surface area is 108 Å². The van der Waals surface area contributed by atoms with Gasteiger partial charge in [-0.15, -0.1) is 0 Å². The molecule has 0 spiro atoms. The number of hydrogen-bond donors (Lipinski definition) is 0. The minimum absolute atomic E-state index is 0.216. The Hall–Kier alpha value is -1.40. The van der Waals surface area contributed by atoms with E-state index in [1.807, 2.05) is 0 Å². The Balaban J connectivity index is 1.87. The van der Waals surface area contributed by atoms with Gasteiger partial charge in [0.2, 0.25) is 6.08 Å². The van der Waals surface area contributed by atoms with Gasteiger partial charge in [-0.05, 0) is 42.7 Å². The van der Waals surface area contributed by atoms with E-state index in [0.29, 0.717) is 0 Å². The topological polar surface area (TPSA) is 29.4 Å². The van der Waals surface area contributed by atoms with Crippen LogP contribution in [-0.4, -0.2) is 6.08 Å². The van der Waals surface area contributed by atoms with Crippen molar-refractivity contribution in [1.82, 2.24) is 0 Å². The summed E-state index contributed by atoms with van der Waals surface area (Å²) < 4.78 is 0. The lowest BCUT2D eigenvalue weighted by molar-refractivity contribution is 0.443. The molecule has 3 rings (SSSR count). The molecule has 0 atom stereocenters. The van der Waals surface area contributed by atoms with Crippen LogP contribution in [0.2, 0.25) is 0 Å². The third-order valence-corrected chi connectivity index (χ3v) is 4.48. The standard InChI is InChI=1S/C16H19NO/c18-12-17-16(9-10-16)15-8-4-7-14(11-15)13-5-2-1-3-6-13/h4,7-8,11,13H,1-3,5-6,9-10H2. The summed E-state index contributed by atoms with van der Waals surface area (Å²) in [5.74, 6) is 0.717. The predicted octanol–water partition coefficient (Wildman–Crippen LogP) is 4.06. The van der Waals surface area contributed by atoms with E-state index in [1.54, 1.807) is 6.08 Å². The van der Waals surface area contributed by atoms with E-state index in [-0.39, 0.29) is 5.54 Å². The van der Waals surface area contributed by atoms with Crippen LogP contribution >= 0.6 is 0 Å². The third kappa shape index (κ3) is 2.13. The highest BCUT2D eigenvalue weighted by Crippen LogP contribution is 2.49. The van der Waals surface area contributed by atoms with Crippen LogP contribution in [0.4, 0.5) is 0 Å². The summed E-state index contributed by atoms with van der Waals surface area (Å²) >= 11 is 0. The number of isocyanates is 1. The zero-order valence-corrected chi connectivity index (χ0v) is 10.7. The first kappa shape index (κ1) is 11.7. The molecule has 0 amide bonds. The Kier molecular flexibility index (Phi) is 3.05. The highest BCUT2D eigenvalue weighted by molar-refractivity contribution is 5.42. The van der Waals surface area contributed by atoms with Crippen LogP contribution in [0.3, 0.4) is 0 Å². The van der Waals surface area contributed by atoms with Crippen LogP contribution in [0.5, 0.6) is 0 Å². The van der Waals surface area contributed by atoms with Crippen molar-refractivity contribution in [3.8, 4) is 0 Å². The van der Waals surface area contributed by atoms with Crippen molar-refractivity contribution in [3.05, 3.63) is 35.4 Å². The molecule has 0 radical (unpaired) electrons. The maximum atomic E-state index is 10.5. The molecular formula is C16H19NO. The summed E-state index contributed by atoms with van der Waals surface area (Å²) in [5.41, 5.74) is 2.44. The molecule has 1 aromatic rings. The van der Waals surface area contributed by atoms with Crippen LogP contribution in [0.1, 0.15) is 62.0 Å². The van der Waals surface area contributed by atoms with Crippen molar-refractivity contribution < 1.29 is 4.79 Å². The number of nitrogens with zero attached hydrogens (tertiary/aromatic N) is 1. The van der Waals surface area contributed by atoms with Crippen LogP contribution < -0.4 is 0 Å². The van der Waals surface area contributed by atoms with Gasteiger partial charge in [-0.1, -0.05) is 43.5 Å². The average molecular weight is 241 g/mol. The van der Waals surface area contributed by atoms with Gasteiger partial charge in [0, 0.05) is 0 Å². The lowest BCUT2D eigenvalue weighted by Crippen LogP contribution is -2.07. The van der Waals surface area contributed by atoms with Crippen LogP contribution in [-0.2, 0) is 10.3 Å². The quantitative estimate of drug-likeness (QED) is 0.579. The fourth-order valence-corrected chi connectivity index (χ4v) is 3.19. The SMILES string of the molecule is O=C=NC1(c2cccc(C3CCCCC3)c2)CC1. The van der Waals surface area contributed by atoms with Gasteiger partial charge in [0.05, 0.1) is 5.54 Å². The molecule has 2 heteroatoms. The van der Waals surface area contributed by atoms with Gasteiger partial charge in [0.1, 0.15) is 0 Å². The molecule has 2 nitrogen and oxygen atoms in total. The fraction of sp³-hybridized carbons (Fsp3) is 0.562. The van der Waals surface area contributed by atoms with Crippen molar-refractivity contribution in [2.75, 3.05) is 0 Å². The highest BCUT2D eigenvalue weighted by atomic mass is 16.1. The second kappa shape index (κ2) is 4.70. The van der Waals surface area contributed by atoms with E-state index in [2.05, 4.69) is 29.3 Å².